The van der Waals surface area contributed by atoms with Crippen LogP contribution < -0.4 is 0 Å². The van der Waals surface area contributed by atoms with Gasteiger partial charge in [0.2, 0.25) is 0 Å². The largest absolute Gasteiger partial charge is 0.275 e. The molecular weight excluding hydrogens is 178 g/mol. The van der Waals surface area contributed by atoms with Crippen LogP contribution in [0.15, 0.2) is 18.2 Å². The molecule has 0 heterocycles. The minimum Gasteiger partial charge on any atom is -0.258 e. The van der Waals surface area contributed by atoms with Crippen molar-refractivity contribution in [1.82, 2.24) is 0 Å². The predicted molar refractivity (Wildman–Crippen MR) is 55.0 cm³/mol. The van der Waals surface area contributed by atoms with E-state index in [-0.39, 0.29) is 10.6 Å². The van der Waals surface area contributed by atoms with Crippen molar-refractivity contribution in [1.29, 1.82) is 0 Å². The second-order valence-electron chi connectivity index (χ2n) is 3.04. The van der Waals surface area contributed by atoms with E-state index in [9.17, 15) is 10.1 Å². The summed E-state index contributed by atoms with van der Waals surface area (Å²) in [5, 5.41) is 10.8. The zero-order valence-corrected chi connectivity index (χ0v) is 7.99. The fourth-order valence-electron chi connectivity index (χ4n) is 1.39. The number of terminal acetylenes is 1. The molecule has 72 valence electrons. The van der Waals surface area contributed by atoms with Gasteiger partial charge in [-0.25, -0.2) is 0 Å². The highest BCUT2D eigenvalue weighted by atomic mass is 16.6. The maximum Gasteiger partial charge on any atom is 0.275 e. The van der Waals surface area contributed by atoms with Gasteiger partial charge in [0, 0.05) is 17.5 Å². The fraction of sp³-hybridized carbons (Fsp3) is 0.273. The standard InChI is InChI=1S/C11H11NO2/c1-3-4-7-10-8-5-6-9(2)11(10)12(13)14/h1,5-6,8H,4,7H2,2H3. The number of hydrogen-bond donors (Lipinski definition) is 0. The molecule has 14 heavy (non-hydrogen) atoms. The number of aryl methyl sites for hydroxylation is 2. The quantitative estimate of drug-likeness (QED) is 0.416. The molecule has 0 amide bonds. The molecule has 0 saturated heterocycles. The average molecular weight is 189 g/mol. The summed E-state index contributed by atoms with van der Waals surface area (Å²) >= 11 is 0. The molecule has 0 aliphatic rings. The van der Waals surface area contributed by atoms with Crippen molar-refractivity contribution in [2.75, 3.05) is 0 Å². The first-order valence-corrected chi connectivity index (χ1v) is 4.33. The molecule has 1 aromatic carbocycles. The Bertz CT molecular complexity index is 391. The lowest BCUT2D eigenvalue weighted by Gasteiger charge is -2.02. The molecule has 0 radical (unpaired) electrons. The van der Waals surface area contributed by atoms with E-state index in [0.717, 1.165) is 0 Å². The van der Waals surface area contributed by atoms with E-state index in [2.05, 4.69) is 5.92 Å². The van der Waals surface area contributed by atoms with Crippen molar-refractivity contribution in [2.24, 2.45) is 0 Å². The number of hydrogen-bond acceptors (Lipinski definition) is 2. The van der Waals surface area contributed by atoms with Crippen molar-refractivity contribution in [3.05, 3.63) is 39.4 Å². The molecule has 0 spiro atoms. The van der Waals surface area contributed by atoms with Crippen LogP contribution in [0.5, 0.6) is 0 Å². The molecule has 0 saturated carbocycles. The maximum absolute atomic E-state index is 10.8. The number of rotatable bonds is 3. The molecule has 0 N–H and O–H groups in total. The molecule has 1 rings (SSSR count). The monoisotopic (exact) mass is 189 g/mol. The molecule has 0 unspecified atom stereocenters. The van der Waals surface area contributed by atoms with Gasteiger partial charge >= 0.3 is 0 Å². The first-order valence-electron chi connectivity index (χ1n) is 4.33. The Morgan fingerprint density at radius 3 is 2.86 bits per heavy atom. The molecule has 0 aliphatic carbocycles. The fourth-order valence-corrected chi connectivity index (χ4v) is 1.39. The number of nitro benzene ring substituents is 1. The molecule has 0 fully saturated rings. The molecule has 0 aliphatic heterocycles. The minimum absolute atomic E-state index is 0.197. The van der Waals surface area contributed by atoms with Gasteiger partial charge < -0.3 is 0 Å². The lowest BCUT2D eigenvalue weighted by atomic mass is 10.0. The Kier molecular flexibility index (Phi) is 3.24. The van der Waals surface area contributed by atoms with Crippen molar-refractivity contribution in [2.45, 2.75) is 19.8 Å². The summed E-state index contributed by atoms with van der Waals surface area (Å²) in [5.74, 6) is 2.48. The molecule has 0 bridgehead atoms. The number of nitro groups is 1. The zero-order valence-electron chi connectivity index (χ0n) is 7.99. The first-order chi connectivity index (χ1) is 6.66. The van der Waals surface area contributed by atoms with Crippen LogP contribution in [0.25, 0.3) is 0 Å². The van der Waals surface area contributed by atoms with Gasteiger partial charge in [-0.3, -0.25) is 10.1 Å². The number of nitrogens with zero attached hydrogens (tertiary/aromatic N) is 1. The number of para-hydroxylation sites is 1. The van der Waals surface area contributed by atoms with Gasteiger partial charge in [0.15, 0.2) is 0 Å². The summed E-state index contributed by atoms with van der Waals surface area (Å²) in [6.45, 7) is 1.73. The SMILES string of the molecule is C#CCCc1cccc(C)c1[N+](=O)[O-]. The van der Waals surface area contributed by atoms with Crippen LogP contribution in [0, 0.1) is 29.4 Å². The van der Waals surface area contributed by atoms with Gasteiger partial charge in [-0.15, -0.1) is 12.3 Å². The maximum atomic E-state index is 10.8. The van der Waals surface area contributed by atoms with E-state index in [1.807, 2.05) is 6.07 Å². The molecule has 3 heteroatoms. The van der Waals surface area contributed by atoms with Crippen LogP contribution in [0.3, 0.4) is 0 Å². The average Bonchev–Trinajstić information content (AvgIpc) is 2.14. The molecule has 0 atom stereocenters. The van der Waals surface area contributed by atoms with E-state index in [4.69, 9.17) is 6.42 Å². The summed E-state index contributed by atoms with van der Waals surface area (Å²) in [6.07, 6.45) is 6.22. The summed E-state index contributed by atoms with van der Waals surface area (Å²) < 4.78 is 0. The highest BCUT2D eigenvalue weighted by molar-refractivity contribution is 5.47. The van der Waals surface area contributed by atoms with E-state index >= 15 is 0 Å². The van der Waals surface area contributed by atoms with Gasteiger partial charge in [0.1, 0.15) is 0 Å². The third kappa shape index (κ3) is 2.11. The molecule has 1 aromatic rings. The Labute approximate surface area is 82.9 Å². The second kappa shape index (κ2) is 4.43. The van der Waals surface area contributed by atoms with Crippen molar-refractivity contribution < 1.29 is 4.92 Å². The molecule has 3 nitrogen and oxygen atoms in total. The highest BCUT2D eigenvalue weighted by Gasteiger charge is 2.15. The van der Waals surface area contributed by atoms with E-state index in [1.165, 1.54) is 0 Å². The number of benzene rings is 1. The Morgan fingerprint density at radius 2 is 2.29 bits per heavy atom. The van der Waals surface area contributed by atoms with Gasteiger partial charge in [-0.1, -0.05) is 18.2 Å². The van der Waals surface area contributed by atoms with E-state index < -0.39 is 0 Å². The molecular formula is C11H11NO2. The van der Waals surface area contributed by atoms with Gasteiger partial charge in [-0.2, -0.15) is 0 Å². The first kappa shape index (κ1) is 10.3. The van der Waals surface area contributed by atoms with Crippen LogP contribution in [0.2, 0.25) is 0 Å². The summed E-state index contributed by atoms with van der Waals surface area (Å²) in [5.41, 5.74) is 1.60. The second-order valence-corrected chi connectivity index (χ2v) is 3.04. The minimum atomic E-state index is -0.346. The zero-order chi connectivity index (χ0) is 10.6. The van der Waals surface area contributed by atoms with Gasteiger partial charge in [0.25, 0.3) is 5.69 Å². The van der Waals surface area contributed by atoms with Crippen molar-refractivity contribution >= 4 is 5.69 Å². The summed E-state index contributed by atoms with van der Waals surface area (Å²) in [6, 6.07) is 5.30. The van der Waals surface area contributed by atoms with Gasteiger partial charge in [0.05, 0.1) is 4.92 Å². The summed E-state index contributed by atoms with van der Waals surface area (Å²) in [4.78, 5) is 10.4. The topological polar surface area (TPSA) is 43.1 Å². The van der Waals surface area contributed by atoms with Crippen LogP contribution in [0.1, 0.15) is 17.5 Å². The molecule has 0 aromatic heterocycles. The smallest absolute Gasteiger partial charge is 0.258 e. The Morgan fingerprint density at radius 1 is 1.57 bits per heavy atom. The summed E-state index contributed by atoms with van der Waals surface area (Å²) in [7, 11) is 0. The normalized spacial score (nSPS) is 9.43. The Hall–Kier alpha value is -1.82. The highest BCUT2D eigenvalue weighted by Crippen LogP contribution is 2.23. The van der Waals surface area contributed by atoms with Crippen molar-refractivity contribution in [3.8, 4) is 12.3 Å². The van der Waals surface area contributed by atoms with Crippen LogP contribution >= 0.6 is 0 Å². The van der Waals surface area contributed by atoms with Crippen molar-refractivity contribution in [3.63, 3.8) is 0 Å². The van der Waals surface area contributed by atoms with Crippen LogP contribution in [0.4, 0.5) is 5.69 Å². The van der Waals surface area contributed by atoms with Gasteiger partial charge in [-0.05, 0) is 13.3 Å². The van der Waals surface area contributed by atoms with Crippen LogP contribution in [-0.2, 0) is 6.42 Å². The lowest BCUT2D eigenvalue weighted by molar-refractivity contribution is -0.386. The third-order valence-corrected chi connectivity index (χ3v) is 2.04. The van der Waals surface area contributed by atoms with E-state index in [0.29, 0.717) is 24.0 Å². The lowest BCUT2D eigenvalue weighted by Crippen LogP contribution is -1.97. The third-order valence-electron chi connectivity index (χ3n) is 2.04. The Balaban J connectivity index is 3.09. The predicted octanol–water partition coefficient (Wildman–Crippen LogP) is 2.47. The van der Waals surface area contributed by atoms with E-state index in [1.54, 1.807) is 19.1 Å². The van der Waals surface area contributed by atoms with Crippen LogP contribution in [-0.4, -0.2) is 4.92 Å².